The summed E-state index contributed by atoms with van der Waals surface area (Å²) in [5.41, 5.74) is 0.838. The van der Waals surface area contributed by atoms with E-state index in [1.54, 1.807) is 6.07 Å². The van der Waals surface area contributed by atoms with Crippen LogP contribution in [0.3, 0.4) is 0 Å². The number of nitrogens with zero attached hydrogens (tertiary/aromatic N) is 1. The van der Waals surface area contributed by atoms with Crippen molar-refractivity contribution in [2.24, 2.45) is 0 Å². The van der Waals surface area contributed by atoms with Crippen LogP contribution in [0.2, 0.25) is 0 Å². The highest BCUT2D eigenvalue weighted by Gasteiger charge is 2.33. The number of likely N-dealkylation sites (tertiary alicyclic amines) is 1. The molecule has 1 aromatic rings. The average molecular weight is 229 g/mol. The third-order valence-electron chi connectivity index (χ3n) is 2.88. The molecule has 1 fully saturated rings. The van der Waals surface area contributed by atoms with Crippen LogP contribution < -0.4 is 0 Å². The summed E-state index contributed by atoms with van der Waals surface area (Å²) in [6.07, 6.45) is -0.190. The van der Waals surface area contributed by atoms with Crippen molar-refractivity contribution in [1.29, 1.82) is 0 Å². The highest BCUT2D eigenvalue weighted by atomic mass is 19.3. The summed E-state index contributed by atoms with van der Waals surface area (Å²) in [5, 5.41) is 0. The van der Waals surface area contributed by atoms with Gasteiger partial charge in [0, 0.05) is 32.5 Å². The Morgan fingerprint density at radius 2 is 1.88 bits per heavy atom. The van der Waals surface area contributed by atoms with Crippen molar-refractivity contribution >= 4 is 0 Å². The van der Waals surface area contributed by atoms with Gasteiger partial charge in [-0.1, -0.05) is 12.1 Å². The molecular formula is C12H14F3N. The van der Waals surface area contributed by atoms with E-state index in [1.165, 1.54) is 12.1 Å². The summed E-state index contributed by atoms with van der Waals surface area (Å²) >= 11 is 0. The minimum atomic E-state index is -2.52. The molecule has 0 unspecified atom stereocenters. The molecule has 0 atom stereocenters. The van der Waals surface area contributed by atoms with Gasteiger partial charge in [-0.15, -0.1) is 0 Å². The summed E-state index contributed by atoms with van der Waals surface area (Å²) < 4.78 is 38.7. The van der Waals surface area contributed by atoms with Crippen LogP contribution in [0.25, 0.3) is 0 Å². The van der Waals surface area contributed by atoms with Gasteiger partial charge in [-0.2, -0.15) is 0 Å². The Bertz CT molecular complexity index is 355. The maximum atomic E-state index is 12.9. The zero-order chi connectivity index (χ0) is 11.6. The molecule has 1 nitrogen and oxygen atoms in total. The molecule has 0 amide bonds. The van der Waals surface area contributed by atoms with Crippen LogP contribution in [-0.4, -0.2) is 23.9 Å². The fourth-order valence-electron chi connectivity index (χ4n) is 1.93. The minimum absolute atomic E-state index is 0.0949. The lowest BCUT2D eigenvalue weighted by atomic mass is 10.1. The topological polar surface area (TPSA) is 3.24 Å². The molecule has 4 heteroatoms. The Morgan fingerprint density at radius 1 is 1.19 bits per heavy atom. The fourth-order valence-corrected chi connectivity index (χ4v) is 1.93. The lowest BCUT2D eigenvalue weighted by molar-refractivity contribution is -0.0566. The molecule has 0 radical (unpaired) electrons. The van der Waals surface area contributed by atoms with Gasteiger partial charge in [0.1, 0.15) is 5.82 Å². The molecular weight excluding hydrogens is 215 g/mol. The monoisotopic (exact) mass is 229 g/mol. The van der Waals surface area contributed by atoms with Crippen molar-refractivity contribution in [3.63, 3.8) is 0 Å². The summed E-state index contributed by atoms with van der Waals surface area (Å²) in [7, 11) is 0. The maximum Gasteiger partial charge on any atom is 0.250 e. The number of halogens is 3. The predicted octanol–water partition coefficient (Wildman–Crippen LogP) is 3.06. The minimum Gasteiger partial charge on any atom is -0.299 e. The number of rotatable bonds is 2. The molecule has 1 aliphatic rings. The first-order valence-electron chi connectivity index (χ1n) is 5.40. The number of benzene rings is 1. The van der Waals surface area contributed by atoms with Crippen LogP contribution >= 0.6 is 0 Å². The van der Waals surface area contributed by atoms with E-state index in [2.05, 4.69) is 0 Å². The molecule has 0 aliphatic carbocycles. The number of piperidine rings is 1. The van der Waals surface area contributed by atoms with Gasteiger partial charge in [0.25, 0.3) is 5.92 Å². The van der Waals surface area contributed by atoms with Gasteiger partial charge in [-0.3, -0.25) is 4.90 Å². The molecule has 1 aromatic carbocycles. The summed E-state index contributed by atoms with van der Waals surface area (Å²) in [6, 6.07) is 6.29. The Morgan fingerprint density at radius 3 is 2.50 bits per heavy atom. The van der Waals surface area contributed by atoms with Crippen LogP contribution in [-0.2, 0) is 6.54 Å². The number of hydrogen-bond acceptors (Lipinski definition) is 1. The highest BCUT2D eigenvalue weighted by molar-refractivity contribution is 5.16. The Hall–Kier alpha value is -1.03. The quantitative estimate of drug-likeness (QED) is 0.753. The van der Waals surface area contributed by atoms with Gasteiger partial charge < -0.3 is 0 Å². The second-order valence-electron chi connectivity index (χ2n) is 4.26. The van der Waals surface area contributed by atoms with Gasteiger partial charge >= 0.3 is 0 Å². The zero-order valence-electron chi connectivity index (χ0n) is 8.93. The Balaban J connectivity index is 1.92. The molecule has 0 spiro atoms. The molecule has 1 aliphatic heterocycles. The van der Waals surface area contributed by atoms with Crippen molar-refractivity contribution < 1.29 is 13.2 Å². The summed E-state index contributed by atoms with van der Waals surface area (Å²) in [5.74, 6) is -2.79. The van der Waals surface area contributed by atoms with E-state index < -0.39 is 5.92 Å². The zero-order valence-corrected chi connectivity index (χ0v) is 8.93. The first kappa shape index (κ1) is 11.5. The normalized spacial score (nSPS) is 20.9. The lowest BCUT2D eigenvalue weighted by Gasteiger charge is -2.31. The molecule has 16 heavy (non-hydrogen) atoms. The summed E-state index contributed by atoms with van der Waals surface area (Å²) in [4.78, 5) is 1.94. The van der Waals surface area contributed by atoms with Gasteiger partial charge in [0.2, 0.25) is 0 Å². The van der Waals surface area contributed by atoms with Gasteiger partial charge in [-0.05, 0) is 17.7 Å². The molecule has 0 bridgehead atoms. The molecule has 1 saturated heterocycles. The third kappa shape index (κ3) is 2.98. The van der Waals surface area contributed by atoms with E-state index in [9.17, 15) is 13.2 Å². The van der Waals surface area contributed by atoms with E-state index in [1.807, 2.05) is 11.0 Å². The van der Waals surface area contributed by atoms with Crippen molar-refractivity contribution in [2.75, 3.05) is 13.1 Å². The largest absolute Gasteiger partial charge is 0.299 e. The van der Waals surface area contributed by atoms with Crippen molar-refractivity contribution in [1.82, 2.24) is 4.90 Å². The molecule has 88 valence electrons. The predicted molar refractivity (Wildman–Crippen MR) is 55.9 cm³/mol. The van der Waals surface area contributed by atoms with E-state index in [4.69, 9.17) is 0 Å². The van der Waals surface area contributed by atoms with Crippen LogP contribution in [0.1, 0.15) is 18.4 Å². The average Bonchev–Trinajstić information content (AvgIpc) is 2.21. The second-order valence-corrected chi connectivity index (χ2v) is 4.26. The van der Waals surface area contributed by atoms with Crippen LogP contribution in [0.4, 0.5) is 13.2 Å². The SMILES string of the molecule is Fc1cccc(CN2CCC(F)(F)CC2)c1. The maximum absolute atomic E-state index is 12.9. The van der Waals surface area contributed by atoms with E-state index in [0.717, 1.165) is 5.56 Å². The molecule has 2 rings (SSSR count). The second kappa shape index (κ2) is 4.45. The lowest BCUT2D eigenvalue weighted by Crippen LogP contribution is -2.38. The van der Waals surface area contributed by atoms with Crippen molar-refractivity contribution in [2.45, 2.75) is 25.3 Å². The highest BCUT2D eigenvalue weighted by Crippen LogP contribution is 2.28. The van der Waals surface area contributed by atoms with Crippen LogP contribution in [0, 0.1) is 5.82 Å². The van der Waals surface area contributed by atoms with E-state index >= 15 is 0 Å². The Labute approximate surface area is 92.9 Å². The van der Waals surface area contributed by atoms with Gasteiger partial charge in [-0.25, -0.2) is 13.2 Å². The number of hydrogen-bond donors (Lipinski definition) is 0. The van der Waals surface area contributed by atoms with E-state index in [-0.39, 0.29) is 18.7 Å². The van der Waals surface area contributed by atoms with Gasteiger partial charge in [0.15, 0.2) is 0 Å². The Kier molecular flexibility index (Phi) is 3.19. The van der Waals surface area contributed by atoms with Crippen molar-refractivity contribution in [3.8, 4) is 0 Å². The standard InChI is InChI=1S/C12H14F3N/c13-11-3-1-2-10(8-11)9-16-6-4-12(14,15)5-7-16/h1-3,8H,4-7,9H2. The molecule has 0 N–H and O–H groups in total. The first-order chi connectivity index (χ1) is 7.55. The first-order valence-corrected chi connectivity index (χ1v) is 5.40. The third-order valence-corrected chi connectivity index (χ3v) is 2.88. The molecule has 0 saturated carbocycles. The molecule has 1 heterocycles. The number of alkyl halides is 2. The van der Waals surface area contributed by atoms with Crippen molar-refractivity contribution in [3.05, 3.63) is 35.6 Å². The van der Waals surface area contributed by atoms with Gasteiger partial charge in [0.05, 0.1) is 0 Å². The van der Waals surface area contributed by atoms with E-state index in [0.29, 0.717) is 19.6 Å². The summed E-state index contributed by atoms with van der Waals surface area (Å²) in [6.45, 7) is 1.31. The van der Waals surface area contributed by atoms with Crippen LogP contribution in [0.15, 0.2) is 24.3 Å². The fraction of sp³-hybridized carbons (Fsp3) is 0.500. The molecule has 0 aromatic heterocycles. The smallest absolute Gasteiger partial charge is 0.250 e. The van der Waals surface area contributed by atoms with Crippen LogP contribution in [0.5, 0.6) is 0 Å².